The summed E-state index contributed by atoms with van der Waals surface area (Å²) < 4.78 is 7.75. The first-order valence-corrected chi connectivity index (χ1v) is 7.03. The van der Waals surface area contributed by atoms with Crippen molar-refractivity contribution in [2.45, 2.75) is 25.2 Å². The van der Waals surface area contributed by atoms with E-state index < -0.39 is 0 Å². The highest BCUT2D eigenvalue weighted by Crippen LogP contribution is 2.30. The normalized spacial score (nSPS) is 24.3. The molecule has 0 N–H and O–H groups in total. The predicted octanol–water partition coefficient (Wildman–Crippen LogP) is 0.659. The first-order valence-electron chi connectivity index (χ1n) is 7.03. The van der Waals surface area contributed by atoms with Gasteiger partial charge < -0.3 is 9.64 Å². The van der Waals surface area contributed by atoms with Crippen LogP contribution >= 0.6 is 0 Å². The molecule has 1 saturated heterocycles. The number of fused-ring (bicyclic) bond motifs is 3. The number of rotatable bonds is 1. The van der Waals surface area contributed by atoms with Crippen LogP contribution in [0.15, 0.2) is 30.7 Å². The van der Waals surface area contributed by atoms with Gasteiger partial charge in [-0.15, -0.1) is 5.10 Å². The lowest BCUT2D eigenvalue weighted by Gasteiger charge is -2.40. The molecule has 2 aliphatic heterocycles. The lowest BCUT2D eigenvalue weighted by molar-refractivity contribution is -0.0605. The molecule has 1 amide bonds. The van der Waals surface area contributed by atoms with Gasteiger partial charge in [-0.2, -0.15) is 0 Å². The van der Waals surface area contributed by atoms with Gasteiger partial charge in [-0.25, -0.2) is 4.68 Å². The number of piperidine rings is 1. The highest BCUT2D eigenvalue weighted by atomic mass is 16.5. The number of carbonyl (C=O) groups is 1. The van der Waals surface area contributed by atoms with Crippen molar-refractivity contribution in [3.05, 3.63) is 42.0 Å². The summed E-state index contributed by atoms with van der Waals surface area (Å²) in [6, 6.07) is 3.62. The Morgan fingerprint density at radius 2 is 2.33 bits per heavy atom. The average Bonchev–Trinajstić information content (AvgIpc) is 3.03. The summed E-state index contributed by atoms with van der Waals surface area (Å²) in [6.07, 6.45) is 5.91. The van der Waals surface area contributed by atoms with E-state index in [0.29, 0.717) is 25.3 Å². The molecule has 0 spiro atoms. The van der Waals surface area contributed by atoms with Crippen molar-refractivity contribution < 1.29 is 9.53 Å². The summed E-state index contributed by atoms with van der Waals surface area (Å²) in [5.41, 5.74) is 1.58. The third-order valence-corrected chi connectivity index (χ3v) is 4.12. The number of ether oxygens (including phenoxy) is 1. The molecule has 108 valence electrons. The van der Waals surface area contributed by atoms with Gasteiger partial charge in [-0.1, -0.05) is 5.21 Å². The SMILES string of the molecule is O=C(c1cccnc1)N1CC[C@H]2OCc3cnnn3[C@H]2C1. The van der Waals surface area contributed by atoms with Crippen molar-refractivity contribution >= 4 is 5.91 Å². The van der Waals surface area contributed by atoms with Gasteiger partial charge in [0.25, 0.3) is 5.91 Å². The fourth-order valence-electron chi connectivity index (χ4n) is 3.04. The minimum atomic E-state index is 0.00814. The molecule has 4 rings (SSSR count). The molecule has 2 aliphatic rings. The Morgan fingerprint density at radius 1 is 1.38 bits per heavy atom. The summed E-state index contributed by atoms with van der Waals surface area (Å²) in [6.45, 7) is 1.83. The van der Waals surface area contributed by atoms with E-state index >= 15 is 0 Å². The monoisotopic (exact) mass is 285 g/mol. The van der Waals surface area contributed by atoms with E-state index in [4.69, 9.17) is 4.74 Å². The van der Waals surface area contributed by atoms with Gasteiger partial charge in [0, 0.05) is 25.5 Å². The van der Waals surface area contributed by atoms with Crippen LogP contribution in [0.3, 0.4) is 0 Å². The Kier molecular flexibility index (Phi) is 2.92. The topological polar surface area (TPSA) is 73.1 Å². The summed E-state index contributed by atoms with van der Waals surface area (Å²) in [5, 5.41) is 8.09. The first-order chi connectivity index (χ1) is 10.3. The summed E-state index contributed by atoms with van der Waals surface area (Å²) in [5.74, 6) is 0.00814. The molecule has 4 heterocycles. The molecular weight excluding hydrogens is 270 g/mol. The largest absolute Gasteiger partial charge is 0.370 e. The molecule has 0 aliphatic carbocycles. The maximum absolute atomic E-state index is 12.5. The minimum Gasteiger partial charge on any atom is -0.370 e. The summed E-state index contributed by atoms with van der Waals surface area (Å²) in [4.78, 5) is 18.4. The van der Waals surface area contributed by atoms with Crippen LogP contribution < -0.4 is 0 Å². The first kappa shape index (κ1) is 12.5. The lowest BCUT2D eigenvalue weighted by Crippen LogP contribution is -2.49. The van der Waals surface area contributed by atoms with Gasteiger partial charge in [0.05, 0.1) is 36.2 Å². The highest BCUT2D eigenvalue weighted by Gasteiger charge is 2.37. The molecule has 21 heavy (non-hydrogen) atoms. The van der Waals surface area contributed by atoms with Crippen LogP contribution in [0.5, 0.6) is 0 Å². The molecule has 2 atom stereocenters. The van der Waals surface area contributed by atoms with Crippen molar-refractivity contribution in [2.24, 2.45) is 0 Å². The van der Waals surface area contributed by atoms with E-state index in [1.54, 1.807) is 30.7 Å². The van der Waals surface area contributed by atoms with Crippen LogP contribution in [0.2, 0.25) is 0 Å². The molecule has 0 aromatic carbocycles. The van der Waals surface area contributed by atoms with Crippen molar-refractivity contribution in [2.75, 3.05) is 13.1 Å². The second kappa shape index (κ2) is 4.92. The Morgan fingerprint density at radius 3 is 3.19 bits per heavy atom. The summed E-state index contributed by atoms with van der Waals surface area (Å²) >= 11 is 0. The number of amides is 1. The van der Waals surface area contributed by atoms with Crippen LogP contribution in [-0.2, 0) is 11.3 Å². The second-order valence-electron chi connectivity index (χ2n) is 5.37. The molecule has 0 unspecified atom stereocenters. The quantitative estimate of drug-likeness (QED) is 0.769. The minimum absolute atomic E-state index is 0.00814. The zero-order chi connectivity index (χ0) is 14.2. The number of carbonyl (C=O) groups excluding carboxylic acids is 1. The molecule has 7 nitrogen and oxygen atoms in total. The number of pyridine rings is 1. The van der Waals surface area contributed by atoms with E-state index in [0.717, 1.165) is 12.1 Å². The molecule has 0 saturated carbocycles. The second-order valence-corrected chi connectivity index (χ2v) is 5.37. The zero-order valence-electron chi connectivity index (χ0n) is 11.4. The molecule has 2 aromatic heterocycles. The van der Waals surface area contributed by atoms with Crippen LogP contribution in [0.1, 0.15) is 28.5 Å². The molecule has 0 radical (unpaired) electrons. The van der Waals surface area contributed by atoms with Gasteiger partial charge in [0.1, 0.15) is 0 Å². The molecule has 2 aromatic rings. The number of aromatic nitrogens is 4. The Bertz CT molecular complexity index is 656. The maximum atomic E-state index is 12.5. The van der Waals surface area contributed by atoms with Crippen LogP contribution in [0, 0.1) is 0 Å². The molecular formula is C14H15N5O2. The van der Waals surface area contributed by atoms with Crippen LogP contribution in [0.25, 0.3) is 0 Å². The van der Waals surface area contributed by atoms with Gasteiger partial charge >= 0.3 is 0 Å². The number of nitrogens with zero attached hydrogens (tertiary/aromatic N) is 5. The fourth-order valence-corrected chi connectivity index (χ4v) is 3.04. The molecule has 7 heteroatoms. The number of hydrogen-bond acceptors (Lipinski definition) is 5. The number of likely N-dealkylation sites (tertiary alicyclic amines) is 1. The summed E-state index contributed by atoms with van der Waals surface area (Å²) in [7, 11) is 0. The average molecular weight is 285 g/mol. The Hall–Kier alpha value is -2.28. The van der Waals surface area contributed by atoms with E-state index in [1.165, 1.54) is 0 Å². The Labute approximate surface area is 121 Å². The van der Waals surface area contributed by atoms with Crippen LogP contribution in [0.4, 0.5) is 0 Å². The van der Waals surface area contributed by atoms with Gasteiger partial charge in [-0.05, 0) is 18.6 Å². The van der Waals surface area contributed by atoms with E-state index in [9.17, 15) is 4.79 Å². The van der Waals surface area contributed by atoms with Crippen LogP contribution in [-0.4, -0.2) is 50.0 Å². The standard InChI is InChI=1S/C14H15N5O2/c20-14(10-2-1-4-15-6-10)18-5-3-13-12(8-18)19-11(9-21-13)7-16-17-19/h1-2,4,6-7,12-13H,3,5,8-9H2/t12-,13+/m0/s1. The van der Waals surface area contributed by atoms with Gasteiger partial charge in [-0.3, -0.25) is 9.78 Å². The fraction of sp³-hybridized carbons (Fsp3) is 0.429. The lowest BCUT2D eigenvalue weighted by atomic mass is 10.00. The predicted molar refractivity (Wildman–Crippen MR) is 72.4 cm³/mol. The van der Waals surface area contributed by atoms with E-state index in [-0.39, 0.29) is 18.1 Å². The van der Waals surface area contributed by atoms with E-state index in [2.05, 4.69) is 15.3 Å². The van der Waals surface area contributed by atoms with Crippen molar-refractivity contribution in [1.29, 1.82) is 0 Å². The van der Waals surface area contributed by atoms with Gasteiger partial charge in [0.15, 0.2) is 0 Å². The highest BCUT2D eigenvalue weighted by molar-refractivity contribution is 5.93. The van der Waals surface area contributed by atoms with Crippen molar-refractivity contribution in [3.8, 4) is 0 Å². The molecule has 1 fully saturated rings. The Balaban J connectivity index is 1.58. The third-order valence-electron chi connectivity index (χ3n) is 4.12. The maximum Gasteiger partial charge on any atom is 0.255 e. The number of hydrogen-bond donors (Lipinski definition) is 0. The van der Waals surface area contributed by atoms with Crippen molar-refractivity contribution in [1.82, 2.24) is 24.9 Å². The third kappa shape index (κ3) is 2.09. The van der Waals surface area contributed by atoms with E-state index in [1.807, 2.05) is 9.58 Å². The molecule has 0 bridgehead atoms. The van der Waals surface area contributed by atoms with Crippen molar-refractivity contribution in [3.63, 3.8) is 0 Å². The zero-order valence-corrected chi connectivity index (χ0v) is 11.4. The smallest absolute Gasteiger partial charge is 0.255 e. The van der Waals surface area contributed by atoms with Gasteiger partial charge in [0.2, 0.25) is 0 Å².